The second kappa shape index (κ2) is 4.92. The maximum absolute atomic E-state index is 9.19. The minimum atomic E-state index is -3.67. The van der Waals surface area contributed by atoms with Gasteiger partial charge in [0.25, 0.3) is 10.1 Å². The lowest BCUT2D eigenvalue weighted by Gasteiger charge is -1.94. The van der Waals surface area contributed by atoms with Crippen molar-refractivity contribution in [1.29, 1.82) is 0 Å². The van der Waals surface area contributed by atoms with Crippen molar-refractivity contribution < 1.29 is 17.7 Å². The Morgan fingerprint density at radius 3 is 2.09 bits per heavy atom. The van der Waals surface area contributed by atoms with E-state index >= 15 is 0 Å². The van der Waals surface area contributed by atoms with Crippen LogP contribution in [0.15, 0.2) is 24.5 Å². The second-order valence-corrected chi connectivity index (χ2v) is 3.29. The van der Waals surface area contributed by atoms with Crippen molar-refractivity contribution in [3.63, 3.8) is 0 Å². The Balaban J connectivity index is 0.000000187. The topological polar surface area (TPSA) is 63.6 Å². The van der Waals surface area contributed by atoms with Gasteiger partial charge in [0, 0.05) is 0 Å². The molecule has 0 aromatic carbocycles. The summed E-state index contributed by atoms with van der Waals surface area (Å²) in [6.07, 6.45) is 8.18. The minimum absolute atomic E-state index is 0.715. The molecule has 0 unspecified atom stereocenters. The third-order valence-electron chi connectivity index (χ3n) is 0.614. The average Bonchev–Trinajstić information content (AvgIpc) is 1.88. The van der Waals surface area contributed by atoms with Gasteiger partial charge in [-0.1, -0.05) is 6.08 Å². The summed E-state index contributed by atoms with van der Waals surface area (Å²) in [5.74, 6) is 0. The van der Waals surface area contributed by atoms with Crippen LogP contribution >= 0.6 is 0 Å². The van der Waals surface area contributed by atoms with Crippen LogP contribution < -0.4 is 0 Å². The van der Waals surface area contributed by atoms with E-state index in [9.17, 15) is 8.42 Å². The molecule has 4 nitrogen and oxygen atoms in total. The van der Waals surface area contributed by atoms with Crippen LogP contribution in [0.4, 0.5) is 0 Å². The summed E-state index contributed by atoms with van der Waals surface area (Å²) in [4.78, 5) is 0. The van der Waals surface area contributed by atoms with E-state index < -0.39 is 10.1 Å². The molecule has 0 atom stereocenters. The van der Waals surface area contributed by atoms with E-state index in [0.717, 1.165) is 6.61 Å². The molecule has 5 heteroatoms. The SMILES string of the molecule is C1=CCOC=C1.CS(=O)(=O)O. The monoisotopic (exact) mass is 178 g/mol. The zero-order valence-electron chi connectivity index (χ0n) is 6.10. The summed E-state index contributed by atoms with van der Waals surface area (Å²) in [6.45, 7) is 0.733. The fourth-order valence-corrected chi connectivity index (χ4v) is 0.346. The highest BCUT2D eigenvalue weighted by Crippen LogP contribution is 1.87. The third kappa shape index (κ3) is 17.6. The van der Waals surface area contributed by atoms with Crippen LogP contribution in [0.5, 0.6) is 0 Å². The van der Waals surface area contributed by atoms with Gasteiger partial charge in [-0.15, -0.1) is 0 Å². The van der Waals surface area contributed by atoms with E-state index in [1.807, 2.05) is 18.2 Å². The summed E-state index contributed by atoms with van der Waals surface area (Å²) in [5.41, 5.74) is 0. The van der Waals surface area contributed by atoms with Crippen LogP contribution in [-0.2, 0) is 14.9 Å². The molecule has 0 aromatic rings. The molecule has 64 valence electrons. The van der Waals surface area contributed by atoms with Gasteiger partial charge < -0.3 is 4.74 Å². The number of rotatable bonds is 0. The van der Waals surface area contributed by atoms with Crippen molar-refractivity contribution in [3.8, 4) is 0 Å². The summed E-state index contributed by atoms with van der Waals surface area (Å²) in [7, 11) is -3.67. The molecule has 0 saturated carbocycles. The highest BCUT2D eigenvalue weighted by atomic mass is 32.2. The van der Waals surface area contributed by atoms with Gasteiger partial charge >= 0.3 is 0 Å². The Morgan fingerprint density at radius 1 is 1.45 bits per heavy atom. The molecule has 0 aliphatic carbocycles. The minimum Gasteiger partial charge on any atom is -0.497 e. The van der Waals surface area contributed by atoms with Gasteiger partial charge in [0.15, 0.2) is 0 Å². The van der Waals surface area contributed by atoms with Crippen LogP contribution in [0.2, 0.25) is 0 Å². The Morgan fingerprint density at radius 2 is 2.00 bits per heavy atom. The second-order valence-electron chi connectivity index (χ2n) is 1.82. The molecule has 1 aliphatic heterocycles. The Hall–Kier alpha value is -0.810. The smallest absolute Gasteiger partial charge is 0.261 e. The normalized spacial score (nSPS) is 14.7. The molecule has 1 rings (SSSR count). The van der Waals surface area contributed by atoms with Crippen LogP contribution in [0, 0.1) is 0 Å². The van der Waals surface area contributed by atoms with E-state index in [1.54, 1.807) is 6.26 Å². The van der Waals surface area contributed by atoms with Crippen LogP contribution in [0.1, 0.15) is 0 Å². The highest BCUT2D eigenvalue weighted by Gasteiger charge is 1.81. The Kier molecular flexibility index (Phi) is 4.56. The molecule has 1 N–H and O–H groups in total. The maximum atomic E-state index is 9.19. The maximum Gasteiger partial charge on any atom is 0.261 e. The number of allylic oxidation sites excluding steroid dienone is 2. The van der Waals surface area contributed by atoms with Gasteiger partial charge in [0.05, 0.1) is 12.5 Å². The van der Waals surface area contributed by atoms with Gasteiger partial charge in [-0.05, 0) is 12.2 Å². The van der Waals surface area contributed by atoms with Gasteiger partial charge in [0.2, 0.25) is 0 Å². The molecule has 1 heterocycles. The number of hydrogen-bond acceptors (Lipinski definition) is 3. The number of ether oxygens (including phenoxy) is 1. The largest absolute Gasteiger partial charge is 0.497 e. The average molecular weight is 178 g/mol. The molecule has 0 amide bonds. The van der Waals surface area contributed by atoms with Crippen molar-refractivity contribution >= 4 is 10.1 Å². The molecule has 1 aliphatic rings. The first-order valence-electron chi connectivity index (χ1n) is 2.86. The van der Waals surface area contributed by atoms with Crippen LogP contribution in [-0.4, -0.2) is 25.8 Å². The Labute approximate surface area is 65.9 Å². The summed E-state index contributed by atoms with van der Waals surface area (Å²) in [5, 5.41) is 0. The first kappa shape index (κ1) is 10.2. The fraction of sp³-hybridized carbons (Fsp3) is 0.333. The summed E-state index contributed by atoms with van der Waals surface area (Å²) < 4.78 is 30.7. The van der Waals surface area contributed by atoms with Crippen molar-refractivity contribution in [2.45, 2.75) is 0 Å². The molecule has 0 spiro atoms. The van der Waals surface area contributed by atoms with E-state index in [2.05, 4.69) is 0 Å². The lowest BCUT2D eigenvalue weighted by molar-refractivity contribution is 0.286. The lowest BCUT2D eigenvalue weighted by atomic mass is 10.5. The lowest BCUT2D eigenvalue weighted by Crippen LogP contribution is -1.88. The summed E-state index contributed by atoms with van der Waals surface area (Å²) >= 11 is 0. The Bertz CT molecular complexity index is 217. The predicted octanol–water partition coefficient (Wildman–Crippen LogP) is 0.591. The summed E-state index contributed by atoms with van der Waals surface area (Å²) in [6, 6.07) is 0. The molecule has 0 bridgehead atoms. The first-order valence-corrected chi connectivity index (χ1v) is 4.71. The van der Waals surface area contributed by atoms with E-state index in [0.29, 0.717) is 6.26 Å². The zero-order chi connectivity index (χ0) is 8.74. The van der Waals surface area contributed by atoms with Crippen molar-refractivity contribution in [2.24, 2.45) is 0 Å². The standard InChI is InChI=1S/C5H6O.CH4O3S/c1-2-4-6-5-3-1;1-5(2,3)4/h1-4H,5H2;1H3,(H,2,3,4). The number of hydrogen-bond donors (Lipinski definition) is 1. The zero-order valence-corrected chi connectivity index (χ0v) is 6.91. The molecule has 11 heavy (non-hydrogen) atoms. The van der Waals surface area contributed by atoms with E-state index in [4.69, 9.17) is 9.29 Å². The molecule has 0 fully saturated rings. The molecule has 0 saturated heterocycles. The van der Waals surface area contributed by atoms with Gasteiger partial charge in [-0.25, -0.2) is 0 Å². The van der Waals surface area contributed by atoms with Crippen molar-refractivity contribution in [1.82, 2.24) is 0 Å². The third-order valence-corrected chi connectivity index (χ3v) is 0.614. The van der Waals surface area contributed by atoms with Crippen LogP contribution in [0.3, 0.4) is 0 Å². The molecule has 0 aromatic heterocycles. The van der Waals surface area contributed by atoms with Crippen molar-refractivity contribution in [3.05, 3.63) is 24.5 Å². The fourth-order valence-electron chi connectivity index (χ4n) is 0.346. The highest BCUT2D eigenvalue weighted by molar-refractivity contribution is 7.85. The van der Waals surface area contributed by atoms with Crippen molar-refractivity contribution in [2.75, 3.05) is 12.9 Å². The quantitative estimate of drug-likeness (QED) is 0.551. The molecular weight excluding hydrogens is 168 g/mol. The first-order chi connectivity index (χ1) is 5.00. The molecular formula is C6H10O4S. The molecule has 0 radical (unpaired) electrons. The van der Waals surface area contributed by atoms with E-state index in [1.165, 1.54) is 0 Å². The predicted molar refractivity (Wildman–Crippen MR) is 41.7 cm³/mol. The van der Waals surface area contributed by atoms with Gasteiger partial charge in [-0.2, -0.15) is 8.42 Å². The van der Waals surface area contributed by atoms with E-state index in [-0.39, 0.29) is 0 Å². The van der Waals surface area contributed by atoms with Crippen LogP contribution in [0.25, 0.3) is 0 Å². The van der Waals surface area contributed by atoms with Gasteiger partial charge in [0.1, 0.15) is 6.61 Å². The van der Waals surface area contributed by atoms with Gasteiger partial charge in [-0.3, -0.25) is 4.55 Å².